The van der Waals surface area contributed by atoms with Gasteiger partial charge in [-0.05, 0) is 37.3 Å². The van der Waals surface area contributed by atoms with Crippen LogP contribution in [-0.2, 0) is 16.1 Å². The molecule has 1 aromatic heterocycles. The Labute approximate surface area is 156 Å². The Balaban J connectivity index is 1.49. The Kier molecular flexibility index (Phi) is 6.12. The summed E-state index contributed by atoms with van der Waals surface area (Å²) < 4.78 is 0. The predicted molar refractivity (Wildman–Crippen MR) is 102 cm³/mol. The second kappa shape index (κ2) is 8.52. The van der Waals surface area contributed by atoms with Crippen LogP contribution >= 0.6 is 0 Å². The lowest BCUT2D eigenvalue weighted by molar-refractivity contribution is -0.138. The van der Waals surface area contributed by atoms with Crippen LogP contribution in [0.15, 0.2) is 18.3 Å². The molecule has 0 spiro atoms. The molecule has 0 aromatic carbocycles. The van der Waals surface area contributed by atoms with Crippen molar-refractivity contribution in [1.29, 1.82) is 0 Å². The fraction of sp³-hybridized carbons (Fsp3) is 0.650. The van der Waals surface area contributed by atoms with Crippen LogP contribution in [0.1, 0.15) is 45.1 Å². The van der Waals surface area contributed by atoms with Crippen LogP contribution in [0.2, 0.25) is 0 Å². The monoisotopic (exact) mass is 358 g/mol. The minimum absolute atomic E-state index is 0.0167. The van der Waals surface area contributed by atoms with Gasteiger partial charge in [0.15, 0.2) is 0 Å². The maximum absolute atomic E-state index is 12.5. The average molecular weight is 358 g/mol. The summed E-state index contributed by atoms with van der Waals surface area (Å²) in [5.74, 6) is 1.08. The number of carbonyl (C=O) groups is 2. The van der Waals surface area contributed by atoms with Crippen molar-refractivity contribution in [3.63, 3.8) is 0 Å². The van der Waals surface area contributed by atoms with Gasteiger partial charge in [-0.3, -0.25) is 9.59 Å². The summed E-state index contributed by atoms with van der Waals surface area (Å²) >= 11 is 0. The highest BCUT2D eigenvalue weighted by Crippen LogP contribution is 2.20. The summed E-state index contributed by atoms with van der Waals surface area (Å²) in [5.41, 5.74) is 1.01. The highest BCUT2D eigenvalue weighted by molar-refractivity contribution is 5.82. The van der Waals surface area contributed by atoms with E-state index >= 15 is 0 Å². The van der Waals surface area contributed by atoms with E-state index in [1.54, 1.807) is 0 Å². The van der Waals surface area contributed by atoms with Crippen LogP contribution in [0.25, 0.3) is 0 Å². The number of hydrogen-bond donors (Lipinski definition) is 1. The number of pyridine rings is 1. The molecule has 2 amide bonds. The molecule has 2 fully saturated rings. The lowest BCUT2D eigenvalue weighted by Crippen LogP contribution is -2.46. The van der Waals surface area contributed by atoms with Gasteiger partial charge in [-0.1, -0.05) is 19.9 Å². The van der Waals surface area contributed by atoms with Crippen molar-refractivity contribution in [1.82, 2.24) is 15.2 Å². The third-order valence-electron chi connectivity index (χ3n) is 5.30. The Bertz CT molecular complexity index is 623. The number of anilines is 1. The molecule has 0 aliphatic carbocycles. The van der Waals surface area contributed by atoms with E-state index in [9.17, 15) is 9.59 Å². The van der Waals surface area contributed by atoms with Crippen LogP contribution < -0.4 is 10.2 Å². The van der Waals surface area contributed by atoms with Gasteiger partial charge in [0.1, 0.15) is 5.82 Å². The molecule has 6 heteroatoms. The van der Waals surface area contributed by atoms with E-state index in [1.165, 1.54) is 12.8 Å². The third-order valence-corrected chi connectivity index (χ3v) is 5.30. The molecule has 1 atom stereocenters. The Morgan fingerprint density at radius 2 is 1.96 bits per heavy atom. The van der Waals surface area contributed by atoms with E-state index in [0.717, 1.165) is 43.9 Å². The van der Waals surface area contributed by atoms with Gasteiger partial charge in [-0.15, -0.1) is 0 Å². The first-order chi connectivity index (χ1) is 12.5. The molecule has 0 radical (unpaired) electrons. The van der Waals surface area contributed by atoms with Gasteiger partial charge < -0.3 is 15.1 Å². The van der Waals surface area contributed by atoms with Crippen molar-refractivity contribution in [2.45, 2.75) is 46.1 Å². The summed E-state index contributed by atoms with van der Waals surface area (Å²) in [6.45, 7) is 7.76. The Hall–Kier alpha value is -2.11. The first-order valence-corrected chi connectivity index (χ1v) is 9.81. The largest absolute Gasteiger partial charge is 0.357 e. The minimum atomic E-state index is -0.108. The van der Waals surface area contributed by atoms with Gasteiger partial charge in [0.2, 0.25) is 11.8 Å². The summed E-state index contributed by atoms with van der Waals surface area (Å²) in [4.78, 5) is 33.3. The second-order valence-electron chi connectivity index (χ2n) is 7.71. The Morgan fingerprint density at radius 3 is 2.62 bits per heavy atom. The molecule has 3 rings (SSSR count). The topological polar surface area (TPSA) is 65.5 Å². The first-order valence-electron chi connectivity index (χ1n) is 9.81. The number of amides is 2. The molecule has 1 N–H and O–H groups in total. The molecule has 0 unspecified atom stereocenters. The van der Waals surface area contributed by atoms with Gasteiger partial charge in [0.25, 0.3) is 0 Å². The number of hydrogen-bond acceptors (Lipinski definition) is 4. The molecule has 3 heterocycles. The van der Waals surface area contributed by atoms with Crippen molar-refractivity contribution >= 4 is 17.6 Å². The number of likely N-dealkylation sites (tertiary alicyclic amines) is 1. The molecule has 6 nitrogen and oxygen atoms in total. The molecule has 0 saturated carbocycles. The van der Waals surface area contributed by atoms with Gasteiger partial charge >= 0.3 is 0 Å². The second-order valence-corrected chi connectivity index (χ2v) is 7.71. The molecule has 2 aliphatic rings. The van der Waals surface area contributed by atoms with E-state index in [-0.39, 0.29) is 23.7 Å². The number of nitrogens with zero attached hydrogens (tertiary/aromatic N) is 3. The van der Waals surface area contributed by atoms with Crippen LogP contribution in [-0.4, -0.2) is 47.9 Å². The zero-order valence-corrected chi connectivity index (χ0v) is 15.9. The van der Waals surface area contributed by atoms with Gasteiger partial charge in [-0.25, -0.2) is 4.98 Å². The number of nitrogens with one attached hydrogen (secondary N) is 1. The third kappa shape index (κ3) is 4.54. The average Bonchev–Trinajstić information content (AvgIpc) is 3.20. The fourth-order valence-corrected chi connectivity index (χ4v) is 3.74. The molecule has 1 aromatic rings. The maximum atomic E-state index is 12.5. The molecular formula is C20H30N4O2. The molecule has 26 heavy (non-hydrogen) atoms. The van der Waals surface area contributed by atoms with Gasteiger partial charge in [0, 0.05) is 44.8 Å². The zero-order chi connectivity index (χ0) is 18.5. The van der Waals surface area contributed by atoms with Crippen LogP contribution in [0, 0.1) is 11.8 Å². The summed E-state index contributed by atoms with van der Waals surface area (Å²) in [6, 6.07) is 4.08. The van der Waals surface area contributed by atoms with E-state index < -0.39 is 0 Å². The maximum Gasteiger partial charge on any atom is 0.225 e. The normalized spacial score (nSPS) is 20.5. The van der Waals surface area contributed by atoms with Gasteiger partial charge in [0.05, 0.1) is 5.92 Å². The molecule has 2 saturated heterocycles. The first kappa shape index (κ1) is 18.7. The quantitative estimate of drug-likeness (QED) is 0.876. The number of aromatic nitrogens is 1. The number of rotatable bonds is 5. The van der Waals surface area contributed by atoms with Crippen LogP contribution in [0.3, 0.4) is 0 Å². The van der Waals surface area contributed by atoms with Gasteiger partial charge in [-0.2, -0.15) is 0 Å². The lowest BCUT2D eigenvalue weighted by atomic mass is 9.96. The van der Waals surface area contributed by atoms with E-state index in [4.69, 9.17) is 0 Å². The van der Waals surface area contributed by atoms with Crippen molar-refractivity contribution in [2.24, 2.45) is 11.8 Å². The molecular weight excluding hydrogens is 328 g/mol. The lowest BCUT2D eigenvalue weighted by Gasteiger charge is -2.33. The van der Waals surface area contributed by atoms with Crippen molar-refractivity contribution in [3.05, 3.63) is 23.9 Å². The standard InChI is InChI=1S/C20H30N4O2/c1-15(2)20(26)24-11-5-6-17(14-24)19(25)22-13-16-7-8-18(21-12-16)23-9-3-4-10-23/h7-8,12,15,17H,3-6,9-11,13-14H2,1-2H3,(H,22,25)/t17-/m1/s1. The smallest absolute Gasteiger partial charge is 0.225 e. The van der Waals surface area contributed by atoms with Crippen molar-refractivity contribution in [3.8, 4) is 0 Å². The van der Waals surface area contributed by atoms with Crippen LogP contribution in [0.4, 0.5) is 5.82 Å². The molecule has 2 aliphatic heterocycles. The number of piperidine rings is 1. The van der Waals surface area contributed by atoms with Crippen molar-refractivity contribution < 1.29 is 9.59 Å². The van der Waals surface area contributed by atoms with E-state index in [1.807, 2.05) is 37.1 Å². The Morgan fingerprint density at radius 1 is 1.19 bits per heavy atom. The zero-order valence-electron chi connectivity index (χ0n) is 15.9. The number of carbonyl (C=O) groups excluding carboxylic acids is 2. The molecule has 142 valence electrons. The minimum Gasteiger partial charge on any atom is -0.357 e. The molecule has 0 bridgehead atoms. The highest BCUT2D eigenvalue weighted by Gasteiger charge is 2.29. The van der Waals surface area contributed by atoms with Crippen LogP contribution in [0.5, 0.6) is 0 Å². The summed E-state index contributed by atoms with van der Waals surface area (Å²) in [6.07, 6.45) is 6.06. The predicted octanol–water partition coefficient (Wildman–Crippen LogP) is 2.19. The van der Waals surface area contributed by atoms with E-state index in [2.05, 4.69) is 15.2 Å². The summed E-state index contributed by atoms with van der Waals surface area (Å²) in [5, 5.41) is 3.02. The highest BCUT2D eigenvalue weighted by atomic mass is 16.2. The van der Waals surface area contributed by atoms with E-state index in [0.29, 0.717) is 13.1 Å². The fourth-order valence-electron chi connectivity index (χ4n) is 3.74. The SMILES string of the molecule is CC(C)C(=O)N1CCC[C@@H](C(=O)NCc2ccc(N3CCCC3)nc2)C1. The van der Waals surface area contributed by atoms with Crippen molar-refractivity contribution in [2.75, 3.05) is 31.1 Å². The summed E-state index contributed by atoms with van der Waals surface area (Å²) in [7, 11) is 0.